The Bertz CT molecular complexity index is 4480. The summed E-state index contributed by atoms with van der Waals surface area (Å²) in [6.45, 7) is 15.2. The molecule has 9 aliphatic heterocycles. The van der Waals surface area contributed by atoms with E-state index in [0.717, 1.165) is 19.4 Å². The second kappa shape index (κ2) is 48.1. The Morgan fingerprint density at radius 3 is 1.69 bits per heavy atom. The van der Waals surface area contributed by atoms with Crippen molar-refractivity contribution in [1.29, 1.82) is 0 Å². The van der Waals surface area contributed by atoms with Gasteiger partial charge in [-0.15, -0.1) is 11.8 Å². The number of nitrogens with zero attached hydrogens (tertiary/aromatic N) is 2. The Balaban J connectivity index is 0.772. The van der Waals surface area contributed by atoms with Crippen LogP contribution in [-0.4, -0.2) is 480 Å². The zero-order chi connectivity index (χ0) is 107. The lowest BCUT2D eigenvalue weighted by molar-refractivity contribution is -0.411. The standard InChI is InChI=1S/C95H151N3O48S/c1-37(102)70(78(125)126)138-87(88(144-80-63(117)56(110)46(105)33-129-80)145-84-65(119)60(114)58(112)49(31-101)137-84)135-42-18-19-92(9)51-17-16-43-44-29-90(6,7)20-22-95(44,23-21-93(43,10)94(51,11)35-91(8,52(92)27-42)36-96-97-53(107)15-13-12-14-24-98-54(108)28-50(77(98)124)147-26-25-99)89(127)146-86-76(67(121)72(39(3)133-86)140-85-69(123)75(73(40(4)132-85)134-41(5)103)142-79-62(116)55(109)45(104)32-128-79)143-82-66(120)61(115)71(38(2)131-82)139-81-68(122)74(47(106)34-130-81)141-83-64(118)59(113)57(111)48(30-100)136-83/h16,36-40,42,44-52,55-76,79-88,99-102,104-106,109-123H,12-15,17-35H2,1-11H3,(H,97,107)(H,125,126)/b96-36+/t37?,38?,39?,40?,42-,44?,45?,46?,47?,48?,49?,50?,51?,52?,55?,56?,57?,58?,59?,60?,61?,62?,63?,64?,65?,66?,67?,68?,69?,70?,71?,72?,73?,74?,75?,76?,79?,80?,81?,82?,83?,84?,85?,86?,87?,88?,91+,92+,93+,94+,95-/m0/s1. The van der Waals surface area contributed by atoms with Gasteiger partial charge in [0.1, 0.15) is 146 Å². The summed E-state index contributed by atoms with van der Waals surface area (Å²) >= 11 is 1.20. The molecule has 9 saturated heterocycles. The van der Waals surface area contributed by atoms with E-state index in [2.05, 4.69) is 46.1 Å². The maximum absolute atomic E-state index is 16.7. The molecule has 4 saturated carbocycles. The van der Waals surface area contributed by atoms with E-state index in [-0.39, 0.29) is 94.4 Å². The maximum Gasteiger partial charge on any atom is 0.335 e. The lowest BCUT2D eigenvalue weighted by Gasteiger charge is -2.72. The summed E-state index contributed by atoms with van der Waals surface area (Å²) in [6.07, 6.45) is -70.6. The third-order valence-electron chi connectivity index (χ3n) is 33.2. The van der Waals surface area contributed by atoms with Gasteiger partial charge >= 0.3 is 17.9 Å². The van der Waals surface area contributed by atoms with E-state index >= 15 is 4.79 Å². The molecule has 0 aromatic heterocycles. The van der Waals surface area contributed by atoms with Crippen molar-refractivity contribution in [2.75, 3.05) is 51.9 Å². The molecule has 51 nitrogen and oxygen atoms in total. The van der Waals surface area contributed by atoms with Gasteiger partial charge < -0.3 is 207 Å². The van der Waals surface area contributed by atoms with Crippen LogP contribution in [0.3, 0.4) is 0 Å². The summed E-state index contributed by atoms with van der Waals surface area (Å²) < 4.78 is 116. The summed E-state index contributed by atoms with van der Waals surface area (Å²) in [5.74, 6) is -5.85. The highest BCUT2D eigenvalue weighted by Crippen LogP contribution is 2.77. The molecule has 52 heteroatoms. The summed E-state index contributed by atoms with van der Waals surface area (Å²) in [6, 6.07) is 0. The molecule has 45 unspecified atom stereocenters. The van der Waals surface area contributed by atoms with Crippen LogP contribution >= 0.6 is 11.8 Å². The van der Waals surface area contributed by atoms with Crippen LogP contribution in [0, 0.1) is 50.2 Å². The van der Waals surface area contributed by atoms with Gasteiger partial charge in [-0.25, -0.2) is 10.2 Å². The maximum atomic E-state index is 16.7. The molecule has 51 atom stereocenters. The lowest BCUT2D eigenvalue weighted by Crippen LogP contribution is -2.68. The van der Waals surface area contributed by atoms with E-state index < -0.39 is 365 Å². The Morgan fingerprint density at radius 1 is 0.544 bits per heavy atom. The predicted octanol–water partition coefficient (Wildman–Crippen LogP) is -7.16. The highest BCUT2D eigenvalue weighted by atomic mass is 32.2. The molecule has 9 heterocycles. The molecular weight excluding hydrogens is 1980 g/mol. The van der Waals surface area contributed by atoms with Gasteiger partial charge in [0.15, 0.2) is 62.3 Å². The first-order valence-electron chi connectivity index (χ1n) is 50.6. The van der Waals surface area contributed by atoms with Gasteiger partial charge in [-0.05, 0) is 144 Å². The number of aliphatic hydroxyl groups is 22. The number of imide groups is 1. The number of carbonyl (C=O) groups is 6. The van der Waals surface area contributed by atoms with Crippen molar-refractivity contribution in [1.82, 2.24) is 10.3 Å². The average Bonchev–Trinajstić information content (AvgIpc) is 1.07. The number of aliphatic hydroxyl groups excluding tert-OH is 22. The number of carboxylic acids is 1. The van der Waals surface area contributed by atoms with Gasteiger partial charge in [0, 0.05) is 43.7 Å². The fourth-order valence-corrected chi connectivity index (χ4v) is 25.8. The van der Waals surface area contributed by atoms with Crippen LogP contribution in [-0.2, 0) is 119 Å². The Labute approximate surface area is 851 Å². The van der Waals surface area contributed by atoms with Gasteiger partial charge in [0.25, 0.3) is 0 Å². The van der Waals surface area contributed by atoms with Crippen molar-refractivity contribution in [3.63, 3.8) is 0 Å². The van der Waals surface area contributed by atoms with E-state index in [9.17, 15) is 141 Å². The van der Waals surface area contributed by atoms with E-state index in [1.807, 2.05) is 6.92 Å². The molecule has 3 amide bonds. The number of allylic oxidation sites excluding steroid dienone is 2. The summed E-state index contributed by atoms with van der Waals surface area (Å²) in [5, 5.41) is 259. The smallest absolute Gasteiger partial charge is 0.335 e. The van der Waals surface area contributed by atoms with Crippen molar-refractivity contribution in [3.05, 3.63) is 11.6 Å². The van der Waals surface area contributed by atoms with Crippen LogP contribution < -0.4 is 5.43 Å². The van der Waals surface area contributed by atoms with E-state index in [1.54, 1.807) is 6.21 Å². The number of hydrogen-bond donors (Lipinski definition) is 24. The minimum atomic E-state index is -2.28. The Hall–Kier alpha value is -4.78. The SMILES string of the molecule is CC(=O)OC1C(C)OC(OC2C(C)OC(OC(=O)[C@]34CCC(C)(C)CC3C3=CCC5[C@@]6(C)CC[C@H](OC(OC(C(=O)O)C(C)O)C(OC7OCC(O)C(O)C7O)OC7OC(CO)C(O)C(O)C7O)CC6[C@@](C)(/C=N/NC(=O)CCCCCN6C(=O)CC(SCCO)C6=O)C[C@@]5(C)[C@]3(C)CC4)C(OC3OC(C)C(OC4OCC(O)C(OC5OC(CO)C(O)C(O)C5O)C4O)C(O)C3O)C2O)C(O)C1OC1OCC(O)C(O)C1O. The average molecular weight is 2140 g/mol. The first-order valence-corrected chi connectivity index (χ1v) is 51.6. The third kappa shape index (κ3) is 24.2. The van der Waals surface area contributed by atoms with Crippen LogP contribution in [0.2, 0.25) is 0 Å². The highest BCUT2D eigenvalue weighted by molar-refractivity contribution is 8.00. The van der Waals surface area contributed by atoms with Crippen molar-refractivity contribution < 1.29 is 236 Å². The lowest BCUT2D eigenvalue weighted by atomic mass is 9.32. The van der Waals surface area contributed by atoms with Crippen molar-refractivity contribution in [2.45, 2.75) is 436 Å². The van der Waals surface area contributed by atoms with Crippen molar-refractivity contribution in [3.8, 4) is 0 Å². The molecular formula is C95H151N3O48S. The monoisotopic (exact) mass is 2130 g/mol. The molecule has 0 spiro atoms. The zero-order valence-corrected chi connectivity index (χ0v) is 84.6. The van der Waals surface area contributed by atoms with Gasteiger partial charge in [-0.3, -0.25) is 28.9 Å². The summed E-state index contributed by atoms with van der Waals surface area (Å²) in [5.41, 5.74) is -1.92. The van der Waals surface area contributed by atoms with Gasteiger partial charge in [-0.2, -0.15) is 5.10 Å². The fraction of sp³-hybridized carbons (Fsp3) is 0.905. The number of hydrogen-bond acceptors (Lipinski definition) is 49. The number of amides is 3. The van der Waals surface area contributed by atoms with Crippen LogP contribution in [0.5, 0.6) is 0 Å². The zero-order valence-electron chi connectivity index (χ0n) is 83.8. The number of aliphatic carboxylic acids is 1. The number of thioether (sulfide) groups is 1. The molecule has 0 aromatic rings. The van der Waals surface area contributed by atoms with Crippen LogP contribution in [0.15, 0.2) is 16.8 Å². The second-order valence-electron chi connectivity index (χ2n) is 43.7. The predicted molar refractivity (Wildman–Crippen MR) is 490 cm³/mol. The molecule has 14 aliphatic rings. The van der Waals surface area contributed by atoms with Crippen LogP contribution in [0.4, 0.5) is 0 Å². The molecule has 0 radical (unpaired) electrons. The van der Waals surface area contributed by atoms with Gasteiger partial charge in [0.2, 0.25) is 36.6 Å². The quantitative estimate of drug-likeness (QED) is 0.00523. The number of carbonyl (C=O) groups excluding carboxylic acids is 5. The van der Waals surface area contributed by atoms with Crippen molar-refractivity contribution >= 4 is 53.6 Å². The number of rotatable bonds is 37. The Morgan fingerprint density at radius 2 is 1.07 bits per heavy atom. The normalized spacial score (nSPS) is 47.4. The topological polar surface area (TPSA) is 771 Å². The first-order chi connectivity index (χ1) is 69.2. The Kier molecular flexibility index (Phi) is 38.5. The highest BCUT2D eigenvalue weighted by Gasteiger charge is 2.73. The minimum absolute atomic E-state index is 0.00384. The molecule has 5 aliphatic carbocycles. The molecule has 14 rings (SSSR count). The summed E-state index contributed by atoms with van der Waals surface area (Å²) in [7, 11) is 0. The van der Waals surface area contributed by atoms with Gasteiger partial charge in [-0.1, -0.05) is 59.6 Å². The van der Waals surface area contributed by atoms with E-state index in [4.69, 9.17) is 95.1 Å². The number of fused-ring (bicyclic) bond motifs is 7. The van der Waals surface area contributed by atoms with Gasteiger partial charge in [0.05, 0.1) is 80.8 Å². The first kappa shape index (κ1) is 118. The fourth-order valence-electron chi connectivity index (χ4n) is 24.8. The molecule has 840 valence electrons. The number of likely N-dealkylation sites (tertiary alicyclic amines) is 1. The number of unbranched alkanes of at least 4 members (excludes halogenated alkanes) is 2. The number of ether oxygens (including phenoxy) is 19. The van der Waals surface area contributed by atoms with Crippen molar-refractivity contribution in [2.24, 2.45) is 55.3 Å². The third-order valence-corrected chi connectivity index (χ3v) is 34.4. The van der Waals surface area contributed by atoms with E-state index in [0.29, 0.717) is 38.5 Å². The largest absolute Gasteiger partial charge is 0.479 e. The summed E-state index contributed by atoms with van der Waals surface area (Å²) in [4.78, 5) is 84.0. The minimum Gasteiger partial charge on any atom is -0.479 e. The van der Waals surface area contributed by atoms with Crippen LogP contribution in [0.1, 0.15) is 172 Å². The molecule has 13 fully saturated rings. The number of carboxylic acid groups (broad SMARTS) is 1. The number of esters is 2. The molecule has 0 aromatic carbocycles. The molecule has 24 N–H and O–H groups in total. The number of hydrazone groups is 1. The second-order valence-corrected chi connectivity index (χ2v) is 45.0. The number of nitrogens with one attached hydrogen (secondary N) is 1. The molecule has 147 heavy (non-hydrogen) atoms. The molecule has 0 bridgehead atoms. The van der Waals surface area contributed by atoms with E-state index in [1.165, 1.54) is 37.4 Å². The van der Waals surface area contributed by atoms with Crippen LogP contribution in [0.25, 0.3) is 0 Å².